The molecule has 1 atom stereocenters. The first-order valence-corrected chi connectivity index (χ1v) is 6.87. The van der Waals surface area contributed by atoms with E-state index in [2.05, 4.69) is 62.1 Å². The number of anilines is 2. The number of hydrogen-bond acceptors (Lipinski definition) is 4. The van der Waals surface area contributed by atoms with Crippen molar-refractivity contribution in [2.24, 2.45) is 5.92 Å². The maximum atomic E-state index is 4.59. The minimum atomic E-state index is 0.401. The van der Waals surface area contributed by atoms with Crippen LogP contribution in [-0.4, -0.2) is 22.6 Å². The molecule has 1 unspecified atom stereocenters. The first-order valence-electron chi connectivity index (χ1n) is 6.87. The van der Waals surface area contributed by atoms with Crippen molar-refractivity contribution >= 4 is 11.6 Å². The van der Waals surface area contributed by atoms with Crippen LogP contribution in [0.5, 0.6) is 0 Å². The van der Waals surface area contributed by atoms with Crippen LogP contribution in [0.3, 0.4) is 0 Å². The highest BCUT2D eigenvalue weighted by molar-refractivity contribution is 5.57. The molecule has 18 heavy (non-hydrogen) atoms. The zero-order valence-corrected chi connectivity index (χ0v) is 12.5. The molecular weight excluding hydrogens is 224 g/mol. The van der Waals surface area contributed by atoms with Gasteiger partial charge in [-0.25, -0.2) is 9.97 Å². The van der Waals surface area contributed by atoms with Gasteiger partial charge in [0, 0.05) is 24.6 Å². The Balaban J connectivity index is 3.05. The van der Waals surface area contributed by atoms with Gasteiger partial charge in [0.15, 0.2) is 0 Å². The molecule has 0 amide bonds. The summed E-state index contributed by atoms with van der Waals surface area (Å²) in [6.45, 7) is 13.7. The Morgan fingerprint density at radius 1 is 1.06 bits per heavy atom. The Kier molecular flexibility index (Phi) is 5.38. The SMILES string of the molecule is CCNc1nc(CC)nc(NC(C)C(C)C)c1C. The van der Waals surface area contributed by atoms with E-state index in [0.29, 0.717) is 12.0 Å². The van der Waals surface area contributed by atoms with E-state index in [4.69, 9.17) is 0 Å². The highest BCUT2D eigenvalue weighted by atomic mass is 15.1. The molecule has 0 aliphatic rings. The molecule has 0 spiro atoms. The van der Waals surface area contributed by atoms with Crippen LogP contribution in [0, 0.1) is 12.8 Å². The summed E-state index contributed by atoms with van der Waals surface area (Å²) in [5.74, 6) is 3.36. The molecule has 2 N–H and O–H groups in total. The van der Waals surface area contributed by atoms with Gasteiger partial charge in [0.1, 0.15) is 17.5 Å². The summed E-state index contributed by atoms with van der Waals surface area (Å²) >= 11 is 0. The molecule has 1 heterocycles. The highest BCUT2D eigenvalue weighted by Crippen LogP contribution is 2.22. The first-order chi connectivity index (χ1) is 8.49. The molecule has 1 rings (SSSR count). The van der Waals surface area contributed by atoms with Crippen LogP contribution in [0.4, 0.5) is 11.6 Å². The number of aromatic nitrogens is 2. The van der Waals surface area contributed by atoms with Gasteiger partial charge in [0.2, 0.25) is 0 Å². The standard InChI is InChI=1S/C14H26N4/c1-7-12-17-13(15-8-2)10(5)14(18-12)16-11(6)9(3)4/h9,11H,7-8H2,1-6H3,(H2,15,16,17,18). The van der Waals surface area contributed by atoms with E-state index in [-0.39, 0.29) is 0 Å². The Morgan fingerprint density at radius 2 is 1.67 bits per heavy atom. The van der Waals surface area contributed by atoms with E-state index in [0.717, 1.165) is 36.0 Å². The van der Waals surface area contributed by atoms with Crippen LogP contribution in [0.25, 0.3) is 0 Å². The number of nitrogens with one attached hydrogen (secondary N) is 2. The second kappa shape index (κ2) is 6.57. The minimum absolute atomic E-state index is 0.401. The molecule has 0 bridgehead atoms. The van der Waals surface area contributed by atoms with Gasteiger partial charge in [-0.3, -0.25) is 0 Å². The topological polar surface area (TPSA) is 49.8 Å². The molecule has 0 saturated carbocycles. The summed E-state index contributed by atoms with van der Waals surface area (Å²) in [5.41, 5.74) is 1.10. The lowest BCUT2D eigenvalue weighted by atomic mass is 10.1. The molecule has 1 aromatic rings. The summed E-state index contributed by atoms with van der Waals surface area (Å²) in [6.07, 6.45) is 0.851. The van der Waals surface area contributed by atoms with E-state index in [1.54, 1.807) is 0 Å². The molecule has 0 aliphatic heterocycles. The smallest absolute Gasteiger partial charge is 0.134 e. The summed E-state index contributed by atoms with van der Waals surface area (Å²) in [6, 6.07) is 0.401. The molecule has 0 radical (unpaired) electrons. The van der Waals surface area contributed by atoms with Crippen molar-refractivity contribution in [3.63, 3.8) is 0 Å². The molecule has 0 aliphatic carbocycles. The first kappa shape index (κ1) is 14.7. The number of nitrogens with zero attached hydrogens (tertiary/aromatic N) is 2. The van der Waals surface area contributed by atoms with Gasteiger partial charge in [-0.2, -0.15) is 0 Å². The molecule has 4 nitrogen and oxygen atoms in total. The van der Waals surface area contributed by atoms with Crippen LogP contribution in [0.2, 0.25) is 0 Å². The van der Waals surface area contributed by atoms with E-state index < -0.39 is 0 Å². The van der Waals surface area contributed by atoms with Crippen molar-refractivity contribution in [2.45, 2.75) is 54.0 Å². The van der Waals surface area contributed by atoms with Crippen molar-refractivity contribution in [3.05, 3.63) is 11.4 Å². The van der Waals surface area contributed by atoms with E-state index in [1.807, 2.05) is 0 Å². The highest BCUT2D eigenvalue weighted by Gasteiger charge is 2.13. The van der Waals surface area contributed by atoms with Gasteiger partial charge in [-0.15, -0.1) is 0 Å². The Bertz CT molecular complexity index is 388. The van der Waals surface area contributed by atoms with E-state index in [1.165, 1.54) is 0 Å². The van der Waals surface area contributed by atoms with Crippen LogP contribution in [-0.2, 0) is 6.42 Å². The zero-order chi connectivity index (χ0) is 13.7. The second-order valence-corrected chi connectivity index (χ2v) is 5.02. The lowest BCUT2D eigenvalue weighted by Crippen LogP contribution is -2.23. The van der Waals surface area contributed by atoms with Crippen molar-refractivity contribution in [1.29, 1.82) is 0 Å². The summed E-state index contributed by atoms with van der Waals surface area (Å²) < 4.78 is 0. The molecule has 4 heteroatoms. The lowest BCUT2D eigenvalue weighted by Gasteiger charge is -2.21. The monoisotopic (exact) mass is 250 g/mol. The van der Waals surface area contributed by atoms with Crippen molar-refractivity contribution in [1.82, 2.24) is 9.97 Å². The third-order valence-corrected chi connectivity index (χ3v) is 3.22. The van der Waals surface area contributed by atoms with Crippen LogP contribution < -0.4 is 10.6 Å². The summed E-state index contributed by atoms with van der Waals surface area (Å²) in [7, 11) is 0. The normalized spacial score (nSPS) is 12.6. The Hall–Kier alpha value is -1.32. The second-order valence-electron chi connectivity index (χ2n) is 5.02. The van der Waals surface area contributed by atoms with Crippen LogP contribution >= 0.6 is 0 Å². The number of hydrogen-bond donors (Lipinski definition) is 2. The molecule has 1 aromatic heterocycles. The summed E-state index contributed by atoms with van der Waals surface area (Å²) in [5, 5.41) is 6.79. The number of rotatable bonds is 6. The van der Waals surface area contributed by atoms with E-state index in [9.17, 15) is 0 Å². The Morgan fingerprint density at radius 3 is 2.17 bits per heavy atom. The van der Waals surface area contributed by atoms with Crippen molar-refractivity contribution in [2.75, 3.05) is 17.2 Å². The fraction of sp³-hybridized carbons (Fsp3) is 0.714. The maximum absolute atomic E-state index is 4.59. The van der Waals surface area contributed by atoms with Gasteiger partial charge >= 0.3 is 0 Å². The van der Waals surface area contributed by atoms with Crippen LogP contribution in [0.15, 0.2) is 0 Å². The predicted octanol–water partition coefficient (Wildman–Crippen LogP) is 3.24. The molecule has 0 aromatic carbocycles. The third kappa shape index (κ3) is 3.59. The van der Waals surface area contributed by atoms with Crippen molar-refractivity contribution < 1.29 is 0 Å². The van der Waals surface area contributed by atoms with Gasteiger partial charge < -0.3 is 10.6 Å². The average Bonchev–Trinajstić information content (AvgIpc) is 2.33. The van der Waals surface area contributed by atoms with Gasteiger partial charge in [-0.05, 0) is 26.7 Å². The fourth-order valence-corrected chi connectivity index (χ4v) is 1.58. The summed E-state index contributed by atoms with van der Waals surface area (Å²) in [4.78, 5) is 9.12. The maximum Gasteiger partial charge on any atom is 0.134 e. The fourth-order valence-electron chi connectivity index (χ4n) is 1.58. The van der Waals surface area contributed by atoms with Gasteiger partial charge in [0.25, 0.3) is 0 Å². The lowest BCUT2D eigenvalue weighted by molar-refractivity contribution is 0.557. The van der Waals surface area contributed by atoms with E-state index >= 15 is 0 Å². The van der Waals surface area contributed by atoms with Gasteiger partial charge in [-0.1, -0.05) is 20.8 Å². The quantitative estimate of drug-likeness (QED) is 0.814. The predicted molar refractivity (Wildman–Crippen MR) is 78.2 cm³/mol. The zero-order valence-electron chi connectivity index (χ0n) is 12.5. The number of aryl methyl sites for hydroxylation is 1. The van der Waals surface area contributed by atoms with Crippen LogP contribution in [0.1, 0.15) is 46.0 Å². The van der Waals surface area contributed by atoms with Crippen molar-refractivity contribution in [3.8, 4) is 0 Å². The minimum Gasteiger partial charge on any atom is -0.370 e. The molecule has 0 fully saturated rings. The largest absolute Gasteiger partial charge is 0.370 e. The molecule has 102 valence electrons. The van der Waals surface area contributed by atoms with Gasteiger partial charge in [0.05, 0.1) is 0 Å². The molecule has 0 saturated heterocycles. The Labute approximate surface area is 111 Å². The third-order valence-electron chi connectivity index (χ3n) is 3.22. The average molecular weight is 250 g/mol. The molecular formula is C14H26N4.